The molecule has 4 N–H and O–H groups in total. The van der Waals surface area contributed by atoms with Gasteiger partial charge < -0.3 is 15.9 Å². The van der Waals surface area contributed by atoms with E-state index < -0.39 is 5.91 Å². The smallest absolute Gasteiger partial charge is 0.277 e. The maximum Gasteiger partial charge on any atom is 0.277 e. The minimum atomic E-state index is -0.432. The predicted molar refractivity (Wildman–Crippen MR) is 71.3 cm³/mol. The van der Waals surface area contributed by atoms with Crippen LogP contribution in [0.5, 0.6) is 0 Å². The minimum Gasteiger partial charge on any atom is -0.414 e. The third-order valence-electron chi connectivity index (χ3n) is 2.38. The van der Waals surface area contributed by atoms with Crippen molar-refractivity contribution in [1.82, 2.24) is 10.2 Å². The lowest BCUT2D eigenvalue weighted by atomic mass is 10.1. The molecule has 1 atom stereocenters. The Kier molecular flexibility index (Phi) is 4.53. The largest absolute Gasteiger partial charge is 0.414 e. The van der Waals surface area contributed by atoms with Gasteiger partial charge in [-0.05, 0) is 12.0 Å². The third-order valence-corrected chi connectivity index (χ3v) is 3.22. The molecule has 6 nitrogen and oxygen atoms in total. The fraction of sp³-hybridized carbons (Fsp3) is 0.250. The SMILES string of the molecule is NC(=O)CSc1nnc([C@@H](N)Cc2ccccc2)o1. The monoisotopic (exact) mass is 278 g/mol. The van der Waals surface area contributed by atoms with Crippen LogP contribution in [-0.2, 0) is 11.2 Å². The van der Waals surface area contributed by atoms with E-state index >= 15 is 0 Å². The highest BCUT2D eigenvalue weighted by Gasteiger charge is 2.15. The van der Waals surface area contributed by atoms with Crippen molar-refractivity contribution in [3.63, 3.8) is 0 Å². The van der Waals surface area contributed by atoms with Gasteiger partial charge in [-0.1, -0.05) is 42.1 Å². The number of aromatic nitrogens is 2. The Morgan fingerprint density at radius 2 is 2.05 bits per heavy atom. The Hall–Kier alpha value is -1.86. The Bertz CT molecular complexity index is 544. The number of hydrogen-bond acceptors (Lipinski definition) is 6. The number of carbonyl (C=O) groups is 1. The lowest BCUT2D eigenvalue weighted by molar-refractivity contribution is -0.115. The second kappa shape index (κ2) is 6.35. The van der Waals surface area contributed by atoms with E-state index in [4.69, 9.17) is 15.9 Å². The molecule has 0 aliphatic heterocycles. The first-order valence-corrected chi connectivity index (χ1v) is 6.67. The van der Waals surface area contributed by atoms with Gasteiger partial charge in [0.05, 0.1) is 11.8 Å². The second-order valence-electron chi connectivity index (χ2n) is 3.96. The lowest BCUT2D eigenvalue weighted by Crippen LogP contribution is -2.13. The maximum absolute atomic E-state index is 10.6. The Morgan fingerprint density at radius 1 is 1.32 bits per heavy atom. The first-order chi connectivity index (χ1) is 9.15. The van der Waals surface area contributed by atoms with Crippen LogP contribution in [0, 0.1) is 0 Å². The van der Waals surface area contributed by atoms with Gasteiger partial charge in [-0.25, -0.2) is 0 Å². The summed E-state index contributed by atoms with van der Waals surface area (Å²) in [5.41, 5.74) is 12.1. The summed E-state index contributed by atoms with van der Waals surface area (Å²) in [4.78, 5) is 10.6. The summed E-state index contributed by atoms with van der Waals surface area (Å²) < 4.78 is 5.38. The Morgan fingerprint density at radius 3 is 2.74 bits per heavy atom. The second-order valence-corrected chi connectivity index (χ2v) is 4.88. The molecule has 0 fully saturated rings. The molecule has 0 aliphatic carbocycles. The Balaban J connectivity index is 1.96. The van der Waals surface area contributed by atoms with Gasteiger partial charge in [0, 0.05) is 0 Å². The van der Waals surface area contributed by atoms with Gasteiger partial charge >= 0.3 is 0 Å². The number of benzene rings is 1. The highest BCUT2D eigenvalue weighted by atomic mass is 32.2. The summed E-state index contributed by atoms with van der Waals surface area (Å²) in [5.74, 6) is 0.0318. The molecule has 0 aliphatic rings. The zero-order valence-corrected chi connectivity index (χ0v) is 11.0. The summed E-state index contributed by atoms with van der Waals surface area (Å²) in [6.45, 7) is 0. The molecule has 0 saturated carbocycles. The van der Waals surface area contributed by atoms with Crippen LogP contribution in [-0.4, -0.2) is 21.9 Å². The maximum atomic E-state index is 10.6. The quantitative estimate of drug-likeness (QED) is 0.760. The fourth-order valence-corrected chi connectivity index (χ4v) is 2.03. The number of nitrogens with two attached hydrogens (primary N) is 2. The molecule has 0 unspecified atom stereocenters. The zero-order chi connectivity index (χ0) is 13.7. The predicted octanol–water partition coefficient (Wildman–Crippen LogP) is 0.889. The molecule has 0 bridgehead atoms. The van der Waals surface area contributed by atoms with Gasteiger partial charge in [0.1, 0.15) is 0 Å². The highest BCUT2D eigenvalue weighted by molar-refractivity contribution is 7.99. The van der Waals surface area contributed by atoms with E-state index in [9.17, 15) is 4.79 Å². The average Bonchev–Trinajstić information content (AvgIpc) is 2.86. The minimum absolute atomic E-state index is 0.107. The van der Waals surface area contributed by atoms with Crippen molar-refractivity contribution < 1.29 is 9.21 Å². The van der Waals surface area contributed by atoms with E-state index in [-0.39, 0.29) is 11.8 Å². The third kappa shape index (κ3) is 4.08. The average molecular weight is 278 g/mol. The number of nitrogens with zero attached hydrogens (tertiary/aromatic N) is 2. The molecular formula is C12H14N4O2S. The molecule has 1 aromatic carbocycles. The van der Waals surface area contributed by atoms with Crippen molar-refractivity contribution in [3.8, 4) is 0 Å². The number of hydrogen-bond donors (Lipinski definition) is 2. The molecule has 0 spiro atoms. The molecule has 1 heterocycles. The standard InChI is InChI=1S/C12H14N4O2S/c13-9(6-8-4-2-1-3-5-8)11-15-16-12(18-11)19-7-10(14)17/h1-5,9H,6-7,13H2,(H2,14,17)/t9-/m0/s1. The molecule has 2 rings (SSSR count). The first kappa shape index (κ1) is 13.6. The summed E-state index contributed by atoms with van der Waals surface area (Å²) in [6, 6.07) is 9.45. The molecule has 19 heavy (non-hydrogen) atoms. The van der Waals surface area contributed by atoms with Crippen molar-refractivity contribution in [2.45, 2.75) is 17.7 Å². The van der Waals surface area contributed by atoms with Gasteiger partial charge in [0.2, 0.25) is 11.8 Å². The molecule has 1 aromatic heterocycles. The van der Waals surface area contributed by atoms with Crippen LogP contribution in [0.4, 0.5) is 0 Å². The topological polar surface area (TPSA) is 108 Å². The molecule has 2 aromatic rings. The van der Waals surface area contributed by atoms with E-state index in [1.165, 1.54) is 0 Å². The van der Waals surface area contributed by atoms with Gasteiger partial charge in [-0.3, -0.25) is 4.79 Å². The Labute approximate surface area is 114 Å². The van der Waals surface area contributed by atoms with Crippen molar-refractivity contribution in [1.29, 1.82) is 0 Å². The summed E-state index contributed by atoms with van der Waals surface area (Å²) >= 11 is 1.10. The number of primary amides is 1. The van der Waals surface area contributed by atoms with Crippen LogP contribution in [0.15, 0.2) is 40.0 Å². The van der Waals surface area contributed by atoms with Crippen LogP contribution in [0.3, 0.4) is 0 Å². The van der Waals surface area contributed by atoms with Gasteiger partial charge in [-0.2, -0.15) is 0 Å². The molecule has 0 radical (unpaired) electrons. The first-order valence-electron chi connectivity index (χ1n) is 5.69. The van der Waals surface area contributed by atoms with Crippen molar-refractivity contribution >= 4 is 17.7 Å². The van der Waals surface area contributed by atoms with E-state index in [0.717, 1.165) is 17.3 Å². The number of carbonyl (C=O) groups excluding carboxylic acids is 1. The highest BCUT2D eigenvalue weighted by Crippen LogP contribution is 2.20. The molecule has 7 heteroatoms. The summed E-state index contributed by atoms with van der Waals surface area (Å²) in [5, 5.41) is 7.99. The van der Waals surface area contributed by atoms with E-state index in [2.05, 4.69) is 10.2 Å². The van der Waals surface area contributed by atoms with Gasteiger partial charge in [0.15, 0.2) is 0 Å². The normalized spacial score (nSPS) is 12.3. The van der Waals surface area contributed by atoms with Gasteiger partial charge in [0.25, 0.3) is 5.22 Å². The summed E-state index contributed by atoms with van der Waals surface area (Å²) in [7, 11) is 0. The number of rotatable bonds is 6. The van der Waals surface area contributed by atoms with Gasteiger partial charge in [-0.15, -0.1) is 10.2 Å². The molecule has 1 amide bonds. The van der Waals surface area contributed by atoms with Crippen molar-refractivity contribution in [3.05, 3.63) is 41.8 Å². The number of thioether (sulfide) groups is 1. The van der Waals surface area contributed by atoms with E-state index in [1.54, 1.807) is 0 Å². The molecule has 0 saturated heterocycles. The number of amides is 1. The van der Waals surface area contributed by atoms with Crippen molar-refractivity contribution in [2.75, 3.05) is 5.75 Å². The summed E-state index contributed by atoms with van der Waals surface area (Å²) in [6.07, 6.45) is 0.614. The molecular weight excluding hydrogens is 264 g/mol. The van der Waals surface area contributed by atoms with Crippen molar-refractivity contribution in [2.24, 2.45) is 11.5 Å². The van der Waals surface area contributed by atoms with Crippen LogP contribution < -0.4 is 11.5 Å². The van der Waals surface area contributed by atoms with E-state index in [0.29, 0.717) is 17.5 Å². The van der Waals surface area contributed by atoms with E-state index in [1.807, 2.05) is 30.3 Å². The molecule has 100 valence electrons. The van der Waals surface area contributed by atoms with Crippen LogP contribution in [0.25, 0.3) is 0 Å². The van der Waals surface area contributed by atoms with Crippen LogP contribution in [0.1, 0.15) is 17.5 Å². The zero-order valence-electron chi connectivity index (χ0n) is 10.2. The van der Waals surface area contributed by atoms with Crippen LogP contribution in [0.2, 0.25) is 0 Å². The van der Waals surface area contributed by atoms with Crippen LogP contribution >= 0.6 is 11.8 Å². The fourth-order valence-electron chi connectivity index (χ4n) is 1.52. The lowest BCUT2D eigenvalue weighted by Gasteiger charge is -2.06.